The summed E-state index contributed by atoms with van der Waals surface area (Å²) in [6.07, 6.45) is 0. The Balaban J connectivity index is 3.19. The molecule has 0 spiro atoms. The van der Waals surface area contributed by atoms with Gasteiger partial charge in [-0.1, -0.05) is 82.4 Å². The van der Waals surface area contributed by atoms with Crippen LogP contribution in [-0.4, -0.2) is 20.7 Å². The van der Waals surface area contributed by atoms with E-state index in [4.69, 9.17) is 0 Å². The average molecular weight is 266 g/mol. The Kier molecular flexibility index (Phi) is 4.33. The van der Waals surface area contributed by atoms with Crippen molar-refractivity contribution in [2.45, 2.75) is 39.3 Å². The summed E-state index contributed by atoms with van der Waals surface area (Å²) >= 11 is 0. The van der Waals surface area contributed by atoms with Gasteiger partial charge in [0.05, 0.1) is 16.1 Å². The van der Waals surface area contributed by atoms with Gasteiger partial charge < -0.3 is 0 Å². The van der Waals surface area contributed by atoms with Crippen molar-refractivity contribution in [1.82, 2.24) is 0 Å². The molecule has 0 aromatic heterocycles. The molecule has 16 heavy (non-hydrogen) atoms. The summed E-state index contributed by atoms with van der Waals surface area (Å²) in [4.78, 5) is 0. The van der Waals surface area contributed by atoms with Gasteiger partial charge >= 0.3 is 0 Å². The first kappa shape index (κ1) is 13.9. The number of hydrogen-bond donors (Lipinski definition) is 0. The van der Waals surface area contributed by atoms with E-state index in [1.54, 1.807) is 0 Å². The van der Waals surface area contributed by atoms with Gasteiger partial charge in [-0.25, -0.2) is 0 Å². The van der Waals surface area contributed by atoms with Crippen molar-refractivity contribution in [3.05, 3.63) is 30.3 Å². The monoisotopic (exact) mass is 266 g/mol. The van der Waals surface area contributed by atoms with Gasteiger partial charge in [0.2, 0.25) is 0 Å². The molecule has 0 aliphatic carbocycles. The van der Waals surface area contributed by atoms with E-state index in [9.17, 15) is 0 Å². The van der Waals surface area contributed by atoms with Gasteiger partial charge in [0, 0.05) is 5.30 Å². The smallest absolute Gasteiger partial charge is 0.0735 e. The Morgan fingerprint density at radius 3 is 1.62 bits per heavy atom. The van der Waals surface area contributed by atoms with E-state index in [0.29, 0.717) is 0 Å². The fraction of sp³-hybridized carbons (Fsp3) is 0.462. The fourth-order valence-corrected chi connectivity index (χ4v) is 15.1. The zero-order valence-corrected chi connectivity index (χ0v) is 14.2. The van der Waals surface area contributed by atoms with Crippen molar-refractivity contribution in [2.75, 3.05) is 0 Å². The molecule has 0 aliphatic rings. The van der Waals surface area contributed by atoms with Crippen LogP contribution >= 0.6 is 8.20 Å². The van der Waals surface area contributed by atoms with Crippen LogP contribution in [0.1, 0.15) is 0 Å². The molecule has 0 fully saturated rings. The molecule has 0 bridgehead atoms. The second-order valence-corrected chi connectivity index (χ2v) is 18.8. The van der Waals surface area contributed by atoms with Crippen molar-refractivity contribution in [3.8, 4) is 0 Å². The normalized spacial score (nSPS) is 12.9. The van der Waals surface area contributed by atoms with Crippen molar-refractivity contribution in [2.24, 2.45) is 0 Å². The maximum Gasteiger partial charge on any atom is 0.0735 e. The van der Waals surface area contributed by atoms with Crippen LogP contribution in [0.5, 0.6) is 0 Å². The highest BCUT2D eigenvalue weighted by atomic mass is 31.1. The van der Waals surface area contributed by atoms with Crippen LogP contribution in [0, 0.1) is 0 Å². The highest BCUT2D eigenvalue weighted by Gasteiger charge is 2.31. The SMILES string of the molecule is C[Si](C)(C)C(=Pc1ccccc1)[Si](C)(C)C. The number of rotatable bonds is 3. The number of hydrogen-bond acceptors (Lipinski definition) is 0. The van der Waals surface area contributed by atoms with Crippen molar-refractivity contribution >= 4 is 34.2 Å². The van der Waals surface area contributed by atoms with E-state index < -0.39 is 16.1 Å². The molecule has 0 N–H and O–H groups in total. The largest absolute Gasteiger partial charge is 0.0780 e. The Morgan fingerprint density at radius 2 is 1.25 bits per heavy atom. The fourth-order valence-electron chi connectivity index (χ4n) is 2.09. The summed E-state index contributed by atoms with van der Waals surface area (Å²) in [6.45, 7) is 14.9. The summed E-state index contributed by atoms with van der Waals surface area (Å²) < 4.78 is 1.87. The molecule has 0 aliphatic heterocycles. The van der Waals surface area contributed by atoms with Gasteiger partial charge in [-0.05, 0) is 0 Å². The van der Waals surface area contributed by atoms with E-state index in [1.165, 1.54) is 13.5 Å². The molecule has 88 valence electrons. The predicted octanol–water partition coefficient (Wildman–Crippen LogP) is 4.19. The second-order valence-electron chi connectivity index (χ2n) is 6.30. The molecule has 0 amide bonds. The molecule has 1 rings (SSSR count). The van der Waals surface area contributed by atoms with Gasteiger partial charge in [-0.15, -0.1) is 0 Å². The van der Waals surface area contributed by atoms with E-state index >= 15 is 0 Å². The van der Waals surface area contributed by atoms with Crippen LogP contribution in [0.25, 0.3) is 0 Å². The van der Waals surface area contributed by atoms with Crippen LogP contribution in [0.2, 0.25) is 39.3 Å². The van der Waals surface area contributed by atoms with Gasteiger partial charge in [-0.3, -0.25) is 0 Å². The molecule has 0 heterocycles. The lowest BCUT2D eigenvalue weighted by atomic mass is 10.4. The Morgan fingerprint density at radius 1 is 0.812 bits per heavy atom. The second kappa shape index (κ2) is 4.99. The molecule has 0 radical (unpaired) electrons. The van der Waals surface area contributed by atoms with E-state index in [1.807, 2.05) is 4.54 Å². The highest BCUT2D eigenvalue weighted by molar-refractivity contribution is 7.67. The molecule has 0 saturated heterocycles. The molecule has 0 saturated carbocycles. The molecule has 0 atom stereocenters. The first-order valence-electron chi connectivity index (χ1n) is 5.86. The minimum atomic E-state index is -1.14. The molecule has 0 nitrogen and oxygen atoms in total. The topological polar surface area (TPSA) is 0 Å². The van der Waals surface area contributed by atoms with Crippen LogP contribution in [-0.2, 0) is 0 Å². The van der Waals surface area contributed by atoms with E-state index in [2.05, 4.69) is 69.6 Å². The Hall–Kier alpha value is -0.176. The molecule has 1 aromatic carbocycles. The van der Waals surface area contributed by atoms with Crippen LogP contribution < -0.4 is 5.30 Å². The average Bonchev–Trinajstić information content (AvgIpc) is 2.12. The van der Waals surface area contributed by atoms with E-state index in [-0.39, 0.29) is 0 Å². The van der Waals surface area contributed by atoms with Gasteiger partial charge in [0.1, 0.15) is 0 Å². The summed E-state index contributed by atoms with van der Waals surface area (Å²) in [6, 6.07) is 10.9. The van der Waals surface area contributed by atoms with Crippen molar-refractivity contribution in [1.29, 1.82) is 0 Å². The summed E-state index contributed by atoms with van der Waals surface area (Å²) in [7, 11) is -0.787. The Bertz CT molecular complexity index is 353. The minimum Gasteiger partial charge on any atom is -0.0780 e. The molecular weight excluding hydrogens is 243 g/mol. The lowest BCUT2D eigenvalue weighted by Crippen LogP contribution is -2.48. The zero-order valence-electron chi connectivity index (χ0n) is 11.3. The Labute approximate surface area is 104 Å². The van der Waals surface area contributed by atoms with Crippen molar-refractivity contribution < 1.29 is 0 Å². The highest BCUT2D eigenvalue weighted by Crippen LogP contribution is 2.21. The molecular formula is C13H23PSi2. The van der Waals surface area contributed by atoms with Crippen LogP contribution in [0.15, 0.2) is 30.3 Å². The molecule has 3 heteroatoms. The summed E-state index contributed by atoms with van der Waals surface area (Å²) in [5.74, 6) is 0. The summed E-state index contributed by atoms with van der Waals surface area (Å²) in [5.41, 5.74) is 0. The third kappa shape index (κ3) is 4.01. The standard InChI is InChI=1S/C13H23PSi2/c1-15(2,3)13(16(4,5)6)14-12-10-8-7-9-11-12/h7-11H,1-6H3. The predicted molar refractivity (Wildman–Crippen MR) is 84.7 cm³/mol. The minimum absolute atomic E-state index is 1.14. The third-order valence-electron chi connectivity index (χ3n) is 2.42. The summed E-state index contributed by atoms with van der Waals surface area (Å²) in [5, 5.41) is 1.46. The maximum absolute atomic E-state index is 2.48. The third-order valence-corrected chi connectivity index (χ3v) is 15.2. The zero-order chi connectivity index (χ0) is 12.4. The lowest BCUT2D eigenvalue weighted by molar-refractivity contribution is 1.78. The van der Waals surface area contributed by atoms with Crippen LogP contribution in [0.4, 0.5) is 0 Å². The van der Waals surface area contributed by atoms with Crippen LogP contribution in [0.3, 0.4) is 0 Å². The lowest BCUT2D eigenvalue weighted by Gasteiger charge is -2.30. The van der Waals surface area contributed by atoms with Gasteiger partial charge in [0.25, 0.3) is 0 Å². The van der Waals surface area contributed by atoms with Gasteiger partial charge in [0.15, 0.2) is 0 Å². The number of benzene rings is 1. The molecule has 1 aromatic rings. The molecule has 0 unspecified atom stereocenters. The first-order chi connectivity index (χ1) is 7.21. The van der Waals surface area contributed by atoms with E-state index in [0.717, 1.165) is 0 Å². The first-order valence-corrected chi connectivity index (χ1v) is 13.8. The maximum atomic E-state index is 2.48. The van der Waals surface area contributed by atoms with Gasteiger partial charge in [-0.2, -0.15) is 0 Å². The quantitative estimate of drug-likeness (QED) is 0.568. The van der Waals surface area contributed by atoms with Crippen molar-refractivity contribution in [3.63, 3.8) is 0 Å².